The number of aliphatic hydroxyl groups is 2. The summed E-state index contributed by atoms with van der Waals surface area (Å²) in [6.45, 7) is 0. The lowest BCUT2D eigenvalue weighted by Gasteiger charge is -2.22. The fraction of sp³-hybridized carbons (Fsp3) is 0.160. The molecule has 0 bridgehead atoms. The number of nitrogens with one attached hydrogen (secondary N) is 2. The van der Waals surface area contributed by atoms with Gasteiger partial charge in [0.15, 0.2) is 12.2 Å². The van der Waals surface area contributed by atoms with Gasteiger partial charge in [0.2, 0.25) is 0 Å². The molecule has 0 saturated heterocycles. The maximum atomic E-state index is 12.7. The number of benzene rings is 6. The molecule has 328 valence electrons. The number of amides is 2. The van der Waals surface area contributed by atoms with E-state index in [0.29, 0.717) is 22.3 Å². The van der Waals surface area contributed by atoms with Gasteiger partial charge in [-0.25, -0.2) is 9.59 Å². The van der Waals surface area contributed by atoms with E-state index in [-0.39, 0.29) is 25.7 Å². The molecule has 0 saturated carbocycles. The first-order valence-corrected chi connectivity index (χ1v) is 20.0. The van der Waals surface area contributed by atoms with Crippen LogP contribution in [0.5, 0.6) is 0 Å². The second-order valence-electron chi connectivity index (χ2n) is 14.8. The van der Waals surface area contributed by atoms with E-state index < -0.39 is 60.0 Å². The highest BCUT2D eigenvalue weighted by Gasteiger charge is 2.29. The van der Waals surface area contributed by atoms with Gasteiger partial charge in [-0.2, -0.15) is 0 Å². The monoisotopic (exact) mass is 866 g/mol. The molecule has 2 amide bonds. The molecule has 0 heterocycles. The van der Waals surface area contributed by atoms with Crippen LogP contribution in [0, 0.1) is 0 Å². The first kappa shape index (κ1) is 47.1. The zero-order chi connectivity index (χ0) is 46.2. The summed E-state index contributed by atoms with van der Waals surface area (Å²) in [6, 6.07) is 43.6. The summed E-state index contributed by atoms with van der Waals surface area (Å²) in [5.41, 5.74) is 6.91. The Morgan fingerprint density at radius 1 is 0.391 bits per heavy atom. The highest BCUT2D eigenvalue weighted by atomic mass is 16.4. The molecular formula is C50H46N2O12. The summed E-state index contributed by atoms with van der Waals surface area (Å²) >= 11 is 0. The first-order valence-electron chi connectivity index (χ1n) is 20.0. The van der Waals surface area contributed by atoms with Crippen molar-refractivity contribution in [3.05, 3.63) is 191 Å². The van der Waals surface area contributed by atoms with Crippen LogP contribution in [-0.2, 0) is 44.9 Å². The number of hydrogen-bond acceptors (Lipinski definition) is 8. The molecule has 0 aromatic heterocycles. The molecule has 14 nitrogen and oxygen atoms in total. The molecule has 14 heteroatoms. The van der Waals surface area contributed by atoms with Crippen molar-refractivity contribution in [3.8, 4) is 22.3 Å². The van der Waals surface area contributed by atoms with Crippen LogP contribution >= 0.6 is 0 Å². The topological polar surface area (TPSA) is 248 Å². The molecule has 6 rings (SSSR count). The molecule has 4 atom stereocenters. The lowest BCUT2D eigenvalue weighted by atomic mass is 9.99. The maximum absolute atomic E-state index is 12.7. The van der Waals surface area contributed by atoms with Gasteiger partial charge in [-0.15, -0.1) is 0 Å². The smallest absolute Gasteiger partial charge is 0.334 e. The van der Waals surface area contributed by atoms with Gasteiger partial charge >= 0.3 is 23.9 Å². The van der Waals surface area contributed by atoms with Gasteiger partial charge in [0, 0.05) is 11.1 Å². The van der Waals surface area contributed by atoms with Crippen LogP contribution in [0.4, 0.5) is 0 Å². The van der Waals surface area contributed by atoms with Crippen LogP contribution in [0.2, 0.25) is 0 Å². The molecule has 0 radical (unpaired) electrons. The number of rotatable bonds is 18. The number of carbonyl (C=O) groups excluding carboxylic acids is 2. The summed E-state index contributed by atoms with van der Waals surface area (Å²) in [7, 11) is 0. The highest BCUT2D eigenvalue weighted by Crippen LogP contribution is 2.23. The molecule has 6 aromatic rings. The normalized spacial score (nSPS) is 12.5. The average Bonchev–Trinajstić information content (AvgIpc) is 3.29. The van der Waals surface area contributed by atoms with Crippen LogP contribution in [0.15, 0.2) is 158 Å². The van der Waals surface area contributed by atoms with Crippen molar-refractivity contribution in [2.24, 2.45) is 0 Å². The van der Waals surface area contributed by atoms with E-state index in [0.717, 1.165) is 33.4 Å². The quantitative estimate of drug-likeness (QED) is 0.0531. The average molecular weight is 867 g/mol. The Balaban J connectivity index is 0.000000241. The van der Waals surface area contributed by atoms with Crippen molar-refractivity contribution < 1.29 is 59.4 Å². The number of hydrogen-bond donors (Lipinski definition) is 8. The number of aliphatic hydroxyl groups excluding tert-OH is 2. The zero-order valence-corrected chi connectivity index (χ0v) is 34.3. The highest BCUT2D eigenvalue weighted by molar-refractivity contribution is 5.96. The van der Waals surface area contributed by atoms with E-state index in [2.05, 4.69) is 10.6 Å². The Morgan fingerprint density at radius 2 is 0.750 bits per heavy atom. The Labute approximate surface area is 368 Å². The third-order valence-electron chi connectivity index (χ3n) is 10.1. The Morgan fingerprint density at radius 3 is 1.14 bits per heavy atom. The second kappa shape index (κ2) is 22.8. The van der Waals surface area contributed by atoms with Crippen molar-refractivity contribution in [1.29, 1.82) is 0 Å². The van der Waals surface area contributed by atoms with E-state index in [9.17, 15) is 49.2 Å². The lowest BCUT2D eigenvalue weighted by molar-refractivity contribution is -0.148. The van der Waals surface area contributed by atoms with Crippen molar-refractivity contribution in [3.63, 3.8) is 0 Å². The molecule has 0 spiro atoms. The second-order valence-corrected chi connectivity index (χ2v) is 14.8. The van der Waals surface area contributed by atoms with Gasteiger partial charge in [0.1, 0.15) is 0 Å². The third-order valence-corrected chi connectivity index (χ3v) is 10.1. The molecule has 64 heavy (non-hydrogen) atoms. The van der Waals surface area contributed by atoms with Gasteiger partial charge < -0.3 is 41.3 Å². The van der Waals surface area contributed by atoms with E-state index in [4.69, 9.17) is 10.2 Å². The van der Waals surface area contributed by atoms with Crippen molar-refractivity contribution >= 4 is 35.7 Å². The molecule has 0 unspecified atom stereocenters. The Bertz CT molecular complexity index is 2530. The van der Waals surface area contributed by atoms with Gasteiger partial charge in [-0.1, -0.05) is 133 Å². The van der Waals surface area contributed by atoms with Crippen molar-refractivity contribution in [2.45, 2.75) is 50.0 Å². The molecule has 8 N–H and O–H groups in total. The molecule has 0 aliphatic heterocycles. The van der Waals surface area contributed by atoms with Gasteiger partial charge in [-0.05, 0) is 81.6 Å². The first-order chi connectivity index (χ1) is 30.7. The predicted molar refractivity (Wildman–Crippen MR) is 237 cm³/mol. The van der Waals surface area contributed by atoms with E-state index in [1.54, 1.807) is 127 Å². The Hall–Kier alpha value is -7.94. The number of aliphatic carboxylic acids is 4. The van der Waals surface area contributed by atoms with Gasteiger partial charge in [-0.3, -0.25) is 19.2 Å². The van der Waals surface area contributed by atoms with E-state index in [1.807, 2.05) is 30.3 Å². The van der Waals surface area contributed by atoms with Crippen LogP contribution < -0.4 is 10.6 Å². The lowest BCUT2D eigenvalue weighted by Crippen LogP contribution is -2.48. The van der Waals surface area contributed by atoms with Crippen molar-refractivity contribution in [1.82, 2.24) is 10.6 Å². The third kappa shape index (κ3) is 14.1. The molecule has 6 aromatic carbocycles. The number of carboxylic acid groups (broad SMARTS) is 4. The summed E-state index contributed by atoms with van der Waals surface area (Å²) in [6.07, 6.45) is -3.30. The number of carboxylic acids is 4. The zero-order valence-electron chi connectivity index (χ0n) is 34.3. The minimum absolute atomic E-state index is 0.0499. The SMILES string of the molecule is O=C(O)Cc1ccc(-c2ccc(C(=O)N[C@H](Cc3ccccc3)[C@@H](O)C(=O)O)cc2)cc1.O=C(O)Cc1cccc(-c2ccc(C(=O)N[C@H](Cc3ccccc3)[C@@H](O)C(=O)O)cc2)c1. The summed E-state index contributed by atoms with van der Waals surface area (Å²) < 4.78 is 0. The fourth-order valence-electron chi connectivity index (χ4n) is 6.72. The minimum atomic E-state index is -1.75. The standard InChI is InChI=1S/2C25H23NO6/c27-22(28)15-17-7-4-8-20(13-17)18-9-11-19(12-10-18)24(30)26-21(23(29)25(31)32)14-16-5-2-1-3-6-16;27-22(28)15-17-6-8-18(9-7-17)19-10-12-20(13-11-19)24(30)26-21(23(29)25(31)32)14-16-4-2-1-3-5-16/h2*1-13,21,23,29H,14-15H2,(H,26,30)(H,27,28)(H,31,32)/t2*21-,23-/m11/s1. The Kier molecular flexibility index (Phi) is 16.8. The molecule has 0 fully saturated rings. The molecule has 0 aliphatic rings. The fourth-order valence-corrected chi connectivity index (χ4v) is 6.72. The van der Waals surface area contributed by atoms with Crippen LogP contribution in [-0.4, -0.2) is 90.6 Å². The van der Waals surface area contributed by atoms with Crippen LogP contribution in [0.25, 0.3) is 22.3 Å². The van der Waals surface area contributed by atoms with E-state index >= 15 is 0 Å². The van der Waals surface area contributed by atoms with Crippen molar-refractivity contribution in [2.75, 3.05) is 0 Å². The summed E-state index contributed by atoms with van der Waals surface area (Å²) in [5.74, 6) is -5.63. The molecular weight excluding hydrogens is 821 g/mol. The predicted octanol–water partition coefficient (Wildman–Crippen LogP) is 5.53. The van der Waals surface area contributed by atoms with E-state index in [1.165, 1.54) is 0 Å². The largest absolute Gasteiger partial charge is 0.481 e. The summed E-state index contributed by atoms with van der Waals surface area (Å²) in [5, 5.41) is 61.6. The molecule has 0 aliphatic carbocycles. The van der Waals surface area contributed by atoms with Gasteiger partial charge in [0.05, 0.1) is 24.9 Å². The van der Waals surface area contributed by atoms with Crippen LogP contribution in [0.1, 0.15) is 43.0 Å². The number of carbonyl (C=O) groups is 6. The van der Waals surface area contributed by atoms with Gasteiger partial charge in [0.25, 0.3) is 11.8 Å². The van der Waals surface area contributed by atoms with Crippen LogP contribution in [0.3, 0.4) is 0 Å². The minimum Gasteiger partial charge on any atom is -0.481 e. The summed E-state index contributed by atoms with van der Waals surface area (Å²) in [4.78, 5) is 69.7. The maximum Gasteiger partial charge on any atom is 0.334 e.